The summed E-state index contributed by atoms with van der Waals surface area (Å²) in [6, 6.07) is 20.0. The van der Waals surface area contributed by atoms with Crippen LogP contribution in [0.2, 0.25) is 5.15 Å². The van der Waals surface area contributed by atoms with Gasteiger partial charge in [0.05, 0.1) is 59.9 Å². The normalized spacial score (nSPS) is 15.5. The third-order valence-corrected chi connectivity index (χ3v) is 11.4. The van der Waals surface area contributed by atoms with Crippen LogP contribution in [0.1, 0.15) is 90.5 Å². The van der Waals surface area contributed by atoms with Gasteiger partial charge in [-0.15, -0.1) is 0 Å². The van der Waals surface area contributed by atoms with E-state index in [4.69, 9.17) is 30.8 Å². The van der Waals surface area contributed by atoms with Crippen molar-refractivity contribution in [2.75, 3.05) is 26.3 Å². The summed E-state index contributed by atoms with van der Waals surface area (Å²) in [5.41, 5.74) is 5.54. The van der Waals surface area contributed by atoms with E-state index in [1.165, 1.54) is 10.1 Å². The number of fused-ring (bicyclic) bond motifs is 10. The van der Waals surface area contributed by atoms with Crippen LogP contribution in [0.4, 0.5) is 9.59 Å². The maximum Gasteiger partial charge on any atom is 0.419 e. The van der Waals surface area contributed by atoms with E-state index in [1.807, 2.05) is 18.3 Å². The maximum atomic E-state index is 13.3. The summed E-state index contributed by atoms with van der Waals surface area (Å²) in [7, 11) is 0. The zero-order valence-electron chi connectivity index (χ0n) is 36.5. The standard InChI is InChI=1S/C26H24N4O2.C23H24ClN3O5/c31-26-24-21-8-6-19-14-27-20(13-22(19)25(21)29-23(24)15-28-26)7-5-17-1-3-18(4-2-17)16-30-9-11-32-12-10-30;1-22(2,3)31-20(29)26-11-15-17(19(26)28)13-8-7-12-10-25-16(24)9-14(12)18(13)27(15)21(30)32-23(4,5)6/h1-8,13-14,27H,9-12,15-16H2,(H,28,31);7-10H,11H2,1-6H3/b7-5+;. The highest BCUT2D eigenvalue weighted by Gasteiger charge is 2.41. The molecular formula is C49H48ClN7O7. The number of halogens is 1. The van der Waals surface area contributed by atoms with Gasteiger partial charge in [-0.3, -0.25) is 14.5 Å². The first-order chi connectivity index (χ1) is 30.5. The average Bonchev–Trinajstić information content (AvgIpc) is 3.99. The Kier molecular flexibility index (Phi) is 11.0. The second-order valence-electron chi connectivity index (χ2n) is 18.1. The molecule has 328 valence electrons. The predicted octanol–water partition coefficient (Wildman–Crippen LogP) is 9.48. The molecule has 7 aromatic rings. The van der Waals surface area contributed by atoms with E-state index in [0.29, 0.717) is 28.5 Å². The monoisotopic (exact) mass is 881 g/mol. The molecule has 10 rings (SSSR count). The Hall–Kier alpha value is -6.61. The van der Waals surface area contributed by atoms with E-state index in [2.05, 4.69) is 62.7 Å². The molecule has 2 N–H and O–H groups in total. The number of hydrogen-bond donors (Lipinski definition) is 2. The molecule has 4 aromatic heterocycles. The van der Waals surface area contributed by atoms with Crippen LogP contribution in [0.5, 0.6) is 0 Å². The van der Waals surface area contributed by atoms with Crippen molar-refractivity contribution >= 4 is 91.1 Å². The number of nitrogens with zero attached hydrogens (tertiary/aromatic N) is 5. The lowest BCUT2D eigenvalue weighted by Gasteiger charge is -2.26. The van der Waals surface area contributed by atoms with Crippen molar-refractivity contribution < 1.29 is 33.4 Å². The summed E-state index contributed by atoms with van der Waals surface area (Å²) in [4.78, 5) is 67.0. The number of ether oxygens (including phenoxy) is 3. The minimum absolute atomic E-state index is 0.0264. The molecule has 3 aromatic carbocycles. The van der Waals surface area contributed by atoms with Crippen molar-refractivity contribution in [3.8, 4) is 0 Å². The number of carbonyl (C=O) groups is 4. The van der Waals surface area contributed by atoms with Gasteiger partial charge in [0, 0.05) is 64.7 Å². The molecule has 0 aliphatic carbocycles. The first-order valence-corrected chi connectivity index (χ1v) is 21.6. The Morgan fingerprint density at radius 3 is 2.27 bits per heavy atom. The molecule has 0 atom stereocenters. The van der Waals surface area contributed by atoms with Crippen LogP contribution >= 0.6 is 11.6 Å². The molecule has 14 nitrogen and oxygen atoms in total. The molecule has 1 fully saturated rings. The fourth-order valence-corrected chi connectivity index (χ4v) is 8.49. The third kappa shape index (κ3) is 8.43. The zero-order chi connectivity index (χ0) is 45.1. The van der Waals surface area contributed by atoms with Crippen LogP contribution in [0.25, 0.3) is 55.5 Å². The van der Waals surface area contributed by atoms with Gasteiger partial charge in [0.2, 0.25) is 0 Å². The maximum absolute atomic E-state index is 13.3. The summed E-state index contributed by atoms with van der Waals surface area (Å²) in [6.45, 7) is 15.4. The van der Waals surface area contributed by atoms with Crippen LogP contribution in [-0.2, 0) is 33.8 Å². The Balaban J connectivity index is 0.000000162. The third-order valence-electron chi connectivity index (χ3n) is 11.2. The quantitative estimate of drug-likeness (QED) is 0.163. The van der Waals surface area contributed by atoms with Crippen LogP contribution in [-0.4, -0.2) is 90.8 Å². The van der Waals surface area contributed by atoms with Crippen molar-refractivity contribution in [3.05, 3.63) is 118 Å². The summed E-state index contributed by atoms with van der Waals surface area (Å²) in [5.74, 6) is -0.553. The second-order valence-corrected chi connectivity index (χ2v) is 18.5. The lowest BCUT2D eigenvalue weighted by Crippen LogP contribution is -2.37. The van der Waals surface area contributed by atoms with Gasteiger partial charge < -0.3 is 24.5 Å². The number of benzene rings is 3. The lowest BCUT2D eigenvalue weighted by atomic mass is 10.1. The van der Waals surface area contributed by atoms with Gasteiger partial charge in [-0.25, -0.2) is 29.0 Å². The van der Waals surface area contributed by atoms with Crippen molar-refractivity contribution in [3.63, 3.8) is 0 Å². The van der Waals surface area contributed by atoms with E-state index in [0.717, 1.165) is 87.3 Å². The van der Waals surface area contributed by atoms with E-state index >= 15 is 0 Å². The molecule has 3 amide bonds. The number of rotatable bonds is 4. The van der Waals surface area contributed by atoms with Gasteiger partial charge in [0.1, 0.15) is 16.4 Å². The first kappa shape index (κ1) is 42.7. The summed E-state index contributed by atoms with van der Waals surface area (Å²) >= 11 is 6.13. The predicted molar refractivity (Wildman–Crippen MR) is 246 cm³/mol. The van der Waals surface area contributed by atoms with E-state index < -0.39 is 29.3 Å². The largest absolute Gasteiger partial charge is 0.443 e. The number of H-pyrrole nitrogens is 1. The number of aromatic nitrogens is 4. The molecule has 0 saturated carbocycles. The summed E-state index contributed by atoms with van der Waals surface area (Å²) in [6.07, 6.45) is 6.38. The molecule has 1 saturated heterocycles. The molecule has 0 radical (unpaired) electrons. The van der Waals surface area contributed by atoms with Gasteiger partial charge in [-0.2, -0.15) is 0 Å². The molecule has 0 bridgehead atoms. The topological polar surface area (TPSA) is 161 Å². The SMILES string of the molecule is CC(C)(C)OC(=O)N1Cc2c(c3ccc4cnc(Cl)cc4c3n2C(=O)OC(C)(C)C)C1=O.O=C1NCc2nc3c(ccc4c[nH]c(/C=C/c5ccc(CN6CCOCC6)cc5)cc43)c21. The number of aromatic amines is 1. The van der Waals surface area contributed by atoms with Gasteiger partial charge in [0.15, 0.2) is 0 Å². The van der Waals surface area contributed by atoms with Gasteiger partial charge in [-0.1, -0.05) is 66.2 Å². The Bertz CT molecular complexity index is 3060. The number of morpholine rings is 1. The van der Waals surface area contributed by atoms with Crippen molar-refractivity contribution in [1.82, 2.24) is 34.6 Å². The van der Waals surface area contributed by atoms with Crippen molar-refractivity contribution in [1.29, 1.82) is 0 Å². The Labute approximate surface area is 374 Å². The lowest BCUT2D eigenvalue weighted by molar-refractivity contribution is 0.0241. The fourth-order valence-electron chi connectivity index (χ4n) is 8.33. The zero-order valence-corrected chi connectivity index (χ0v) is 37.3. The van der Waals surface area contributed by atoms with Crippen molar-refractivity contribution in [2.45, 2.75) is 72.4 Å². The van der Waals surface area contributed by atoms with Crippen LogP contribution in [0.3, 0.4) is 0 Å². The number of carbonyl (C=O) groups excluding carboxylic acids is 4. The minimum atomic E-state index is -0.771. The van der Waals surface area contributed by atoms with Crippen LogP contribution < -0.4 is 5.32 Å². The smallest absolute Gasteiger partial charge is 0.419 e. The second kappa shape index (κ2) is 16.5. The molecule has 0 spiro atoms. The molecular weight excluding hydrogens is 834 g/mol. The number of imide groups is 1. The Morgan fingerprint density at radius 2 is 1.53 bits per heavy atom. The van der Waals surface area contributed by atoms with E-state index in [-0.39, 0.29) is 23.2 Å². The number of pyridine rings is 2. The van der Waals surface area contributed by atoms with Crippen LogP contribution in [0, 0.1) is 0 Å². The number of hydrogen-bond acceptors (Lipinski definition) is 10. The summed E-state index contributed by atoms with van der Waals surface area (Å²) < 4.78 is 17.8. The molecule has 3 aliphatic heterocycles. The highest BCUT2D eigenvalue weighted by molar-refractivity contribution is 6.31. The van der Waals surface area contributed by atoms with Gasteiger partial charge in [-0.05, 0) is 76.3 Å². The molecule has 3 aliphatic rings. The van der Waals surface area contributed by atoms with Gasteiger partial charge >= 0.3 is 12.2 Å². The first-order valence-electron chi connectivity index (χ1n) is 21.2. The van der Waals surface area contributed by atoms with Gasteiger partial charge in [0.25, 0.3) is 11.8 Å². The highest BCUT2D eigenvalue weighted by atomic mass is 35.5. The van der Waals surface area contributed by atoms with Crippen molar-refractivity contribution in [2.24, 2.45) is 0 Å². The van der Waals surface area contributed by atoms with Crippen LogP contribution in [0.15, 0.2) is 73.1 Å². The molecule has 15 heteroatoms. The molecule has 64 heavy (non-hydrogen) atoms. The highest BCUT2D eigenvalue weighted by Crippen LogP contribution is 2.39. The fraction of sp³-hybridized carbons (Fsp3) is 0.306. The molecule has 0 unspecified atom stereocenters. The number of amides is 3. The Morgan fingerprint density at radius 1 is 0.828 bits per heavy atom. The average molecular weight is 882 g/mol. The summed E-state index contributed by atoms with van der Waals surface area (Å²) in [5, 5.41) is 8.11. The molecule has 7 heterocycles. The van der Waals surface area contributed by atoms with E-state index in [1.54, 1.807) is 65.9 Å². The van der Waals surface area contributed by atoms with E-state index in [9.17, 15) is 19.2 Å². The number of nitrogens with one attached hydrogen (secondary N) is 2. The minimum Gasteiger partial charge on any atom is -0.443 e.